The highest BCUT2D eigenvalue weighted by Crippen LogP contribution is 2.14. The summed E-state index contributed by atoms with van der Waals surface area (Å²) in [6.45, 7) is 2.41. The van der Waals surface area contributed by atoms with Crippen LogP contribution < -0.4 is 0 Å². The molecule has 0 fully saturated rings. The normalized spacial score (nSPS) is 12.2. The van der Waals surface area contributed by atoms with Crippen LogP contribution in [-0.2, 0) is 9.09 Å². The Morgan fingerprint density at radius 2 is 2.22 bits per heavy atom. The third-order valence-corrected chi connectivity index (χ3v) is 1.17. The van der Waals surface area contributed by atoms with Gasteiger partial charge >= 0.3 is 8.25 Å². The van der Waals surface area contributed by atoms with Gasteiger partial charge < -0.3 is 9.42 Å². The monoisotopic (exact) mass is 154 g/mol. The van der Waals surface area contributed by atoms with Crippen molar-refractivity contribution in [2.24, 2.45) is 0 Å². The summed E-state index contributed by atoms with van der Waals surface area (Å²) in [6.07, 6.45) is 1.85. The molecule has 0 spiro atoms. The third-order valence-electron chi connectivity index (χ3n) is 0.723. The van der Waals surface area contributed by atoms with Crippen LogP contribution in [-0.4, -0.2) is 11.5 Å². The van der Waals surface area contributed by atoms with Crippen LogP contribution in [0.15, 0.2) is 0 Å². The Balaban J connectivity index is 0. The van der Waals surface area contributed by atoms with Crippen LogP contribution in [0.25, 0.3) is 0 Å². The van der Waals surface area contributed by atoms with Crippen molar-refractivity contribution in [2.75, 3.05) is 6.61 Å². The van der Waals surface area contributed by atoms with Gasteiger partial charge in [-0.05, 0) is 6.42 Å². The minimum absolute atomic E-state index is 0. The van der Waals surface area contributed by atoms with Crippen molar-refractivity contribution in [3.8, 4) is 0 Å². The van der Waals surface area contributed by atoms with Gasteiger partial charge in [0.2, 0.25) is 0 Å². The first-order chi connectivity index (χ1) is 3.77. The van der Waals surface area contributed by atoms with Gasteiger partial charge in [-0.3, -0.25) is 4.57 Å². The van der Waals surface area contributed by atoms with Crippen molar-refractivity contribution >= 4 is 8.25 Å². The van der Waals surface area contributed by atoms with Crippen molar-refractivity contribution in [1.82, 2.24) is 0 Å². The topological polar surface area (TPSA) is 46.5 Å². The zero-order valence-corrected chi connectivity index (χ0v) is 5.89. The van der Waals surface area contributed by atoms with E-state index < -0.39 is 8.25 Å². The lowest BCUT2D eigenvalue weighted by molar-refractivity contribution is 0.276. The second kappa shape index (κ2) is 8.15. The Morgan fingerprint density at radius 3 is 2.56 bits per heavy atom. The van der Waals surface area contributed by atoms with Crippen LogP contribution in [0.4, 0.5) is 0 Å². The Morgan fingerprint density at radius 1 is 1.67 bits per heavy atom. The second-order valence-electron chi connectivity index (χ2n) is 1.47. The van der Waals surface area contributed by atoms with Gasteiger partial charge in [-0.15, -0.1) is 0 Å². The summed E-state index contributed by atoms with van der Waals surface area (Å²) in [5.74, 6) is 0. The maximum Gasteiger partial charge on any atom is 0.316 e. The number of unbranched alkanes of at least 4 members (excludes halogenated alkanes) is 1. The van der Waals surface area contributed by atoms with Crippen LogP contribution >= 0.6 is 8.25 Å². The van der Waals surface area contributed by atoms with Crippen LogP contribution in [0, 0.1) is 0 Å². The lowest BCUT2D eigenvalue weighted by atomic mass is 10.4. The van der Waals surface area contributed by atoms with Gasteiger partial charge in [0.05, 0.1) is 6.61 Å². The minimum atomic E-state index is -2.66. The molecule has 1 unspecified atom stereocenters. The molecule has 0 saturated carbocycles. The highest BCUT2D eigenvalue weighted by atomic mass is 31.1. The highest BCUT2D eigenvalue weighted by molar-refractivity contribution is 7.32. The second-order valence-corrected chi connectivity index (χ2v) is 2.29. The average molecular weight is 154 g/mol. The van der Waals surface area contributed by atoms with E-state index >= 15 is 0 Å². The van der Waals surface area contributed by atoms with Crippen molar-refractivity contribution in [1.29, 1.82) is 0 Å². The molecule has 4 heteroatoms. The van der Waals surface area contributed by atoms with Crippen molar-refractivity contribution in [2.45, 2.75) is 27.2 Å². The molecule has 0 aliphatic heterocycles. The molecule has 0 aliphatic carbocycles. The number of hydrogen-bond acceptors (Lipinski definition) is 2. The molecule has 0 heterocycles. The van der Waals surface area contributed by atoms with Crippen LogP contribution in [0.2, 0.25) is 0 Å². The summed E-state index contributed by atoms with van der Waals surface area (Å²) in [5, 5.41) is 0. The fourth-order valence-electron chi connectivity index (χ4n) is 0.304. The molecule has 0 rings (SSSR count). The molecular weight excluding hydrogens is 139 g/mol. The minimum Gasteiger partial charge on any atom is -0.326 e. The third kappa shape index (κ3) is 11.6. The predicted molar refractivity (Wildman–Crippen MR) is 38.8 cm³/mol. The van der Waals surface area contributed by atoms with Crippen LogP contribution in [0.1, 0.15) is 27.2 Å². The first kappa shape index (κ1) is 11.9. The van der Waals surface area contributed by atoms with E-state index in [1.54, 1.807) is 0 Å². The standard InChI is InChI=1S/C4H11O3P.CH4/c1-2-3-4-7-8(5)6;/h8H,2-4H2,1H3,(H,5,6);1H4. The summed E-state index contributed by atoms with van der Waals surface area (Å²) < 4.78 is 14.2. The average Bonchev–Trinajstić information content (AvgIpc) is 1.66. The summed E-state index contributed by atoms with van der Waals surface area (Å²) in [4.78, 5) is 8.10. The molecule has 1 atom stereocenters. The van der Waals surface area contributed by atoms with Crippen molar-refractivity contribution in [3.05, 3.63) is 0 Å². The Bertz CT molecular complexity index is 74.6. The quantitative estimate of drug-likeness (QED) is 0.496. The Labute approximate surface area is 57.0 Å². The summed E-state index contributed by atoms with van der Waals surface area (Å²) >= 11 is 0. The number of rotatable bonds is 4. The van der Waals surface area contributed by atoms with Crippen LogP contribution in [0.5, 0.6) is 0 Å². The zero-order valence-electron chi connectivity index (χ0n) is 4.89. The maximum atomic E-state index is 9.84. The van der Waals surface area contributed by atoms with E-state index in [2.05, 4.69) is 4.52 Å². The maximum absolute atomic E-state index is 9.84. The van der Waals surface area contributed by atoms with Crippen LogP contribution in [0.3, 0.4) is 0 Å². The van der Waals surface area contributed by atoms with Crippen molar-refractivity contribution < 1.29 is 14.0 Å². The SMILES string of the molecule is C.CCCCO[PH](=O)O. The molecule has 0 aromatic rings. The van der Waals surface area contributed by atoms with E-state index in [0.29, 0.717) is 6.61 Å². The molecule has 0 aliphatic rings. The lowest BCUT2D eigenvalue weighted by Gasteiger charge is -1.94. The Hall–Kier alpha value is 0.150. The molecule has 0 saturated heterocycles. The van der Waals surface area contributed by atoms with E-state index in [4.69, 9.17) is 4.89 Å². The molecule has 0 aromatic carbocycles. The predicted octanol–water partition coefficient (Wildman–Crippen LogP) is 1.82. The van der Waals surface area contributed by atoms with E-state index in [1.165, 1.54) is 0 Å². The summed E-state index contributed by atoms with van der Waals surface area (Å²) in [5.41, 5.74) is 0. The highest BCUT2D eigenvalue weighted by Gasteiger charge is 1.87. The van der Waals surface area contributed by atoms with E-state index in [0.717, 1.165) is 12.8 Å². The molecule has 58 valence electrons. The van der Waals surface area contributed by atoms with Gasteiger partial charge in [0, 0.05) is 0 Å². The van der Waals surface area contributed by atoms with Gasteiger partial charge in [-0.25, -0.2) is 0 Å². The molecule has 0 bridgehead atoms. The molecule has 0 amide bonds. The molecule has 1 N–H and O–H groups in total. The van der Waals surface area contributed by atoms with Gasteiger partial charge in [0.1, 0.15) is 0 Å². The first-order valence-electron chi connectivity index (χ1n) is 2.63. The molecule has 0 radical (unpaired) electrons. The molecule has 9 heavy (non-hydrogen) atoms. The largest absolute Gasteiger partial charge is 0.326 e. The fourth-order valence-corrected chi connectivity index (χ4v) is 0.623. The molecule has 3 nitrogen and oxygen atoms in total. The molecule has 0 aromatic heterocycles. The van der Waals surface area contributed by atoms with E-state index in [-0.39, 0.29) is 7.43 Å². The van der Waals surface area contributed by atoms with Gasteiger partial charge in [0.25, 0.3) is 0 Å². The fraction of sp³-hybridized carbons (Fsp3) is 1.00. The zero-order chi connectivity index (χ0) is 6.41. The van der Waals surface area contributed by atoms with E-state index in [1.807, 2.05) is 6.92 Å². The van der Waals surface area contributed by atoms with E-state index in [9.17, 15) is 4.57 Å². The van der Waals surface area contributed by atoms with Gasteiger partial charge in [0.15, 0.2) is 0 Å². The lowest BCUT2D eigenvalue weighted by Crippen LogP contribution is -1.82. The van der Waals surface area contributed by atoms with Gasteiger partial charge in [-0.2, -0.15) is 0 Å². The smallest absolute Gasteiger partial charge is 0.316 e. The first-order valence-corrected chi connectivity index (χ1v) is 3.89. The molecular formula is C5H15O3P. The van der Waals surface area contributed by atoms with Gasteiger partial charge in [-0.1, -0.05) is 20.8 Å². The summed E-state index contributed by atoms with van der Waals surface area (Å²) in [7, 11) is -2.66. The Kier molecular flexibility index (Phi) is 10.8. The van der Waals surface area contributed by atoms with Crippen molar-refractivity contribution in [3.63, 3.8) is 0 Å². The number of hydrogen-bond donors (Lipinski definition) is 1. The summed E-state index contributed by atoms with van der Waals surface area (Å²) in [6, 6.07) is 0.